The highest BCUT2D eigenvalue weighted by molar-refractivity contribution is 5.65. The topological polar surface area (TPSA) is 38.3 Å². The van der Waals surface area contributed by atoms with Crippen molar-refractivity contribution in [2.75, 3.05) is 6.61 Å². The fourth-order valence-corrected chi connectivity index (χ4v) is 1.40. The number of hydrogen-bond donors (Lipinski definition) is 1. The number of hydrogen-bond acceptors (Lipinski definition) is 3. The van der Waals surface area contributed by atoms with E-state index in [4.69, 9.17) is 4.74 Å². The zero-order valence-corrected chi connectivity index (χ0v) is 9.90. The predicted molar refractivity (Wildman–Crippen MR) is 64.0 cm³/mol. The second-order valence-electron chi connectivity index (χ2n) is 3.77. The molecule has 0 aromatic heterocycles. The molecule has 1 atom stereocenters. The van der Waals surface area contributed by atoms with Crippen LogP contribution in [-0.2, 0) is 16.1 Å². The van der Waals surface area contributed by atoms with Crippen molar-refractivity contribution in [2.24, 2.45) is 0 Å². The molecule has 0 saturated carbocycles. The zero-order valence-electron chi connectivity index (χ0n) is 9.90. The highest BCUT2D eigenvalue weighted by Gasteiger charge is 2.06. The van der Waals surface area contributed by atoms with Gasteiger partial charge in [-0.1, -0.05) is 37.3 Å². The number of ether oxygens (including phenoxy) is 1. The molecule has 0 aliphatic carbocycles. The lowest BCUT2D eigenvalue weighted by Crippen LogP contribution is -2.33. The molecule has 1 aromatic rings. The van der Waals surface area contributed by atoms with Crippen LogP contribution < -0.4 is 5.32 Å². The van der Waals surface area contributed by atoms with E-state index in [2.05, 4.69) is 24.4 Å². The minimum absolute atomic E-state index is 0.222. The lowest BCUT2D eigenvalue weighted by Gasteiger charge is -2.16. The van der Waals surface area contributed by atoms with E-state index in [0.29, 0.717) is 6.61 Å². The van der Waals surface area contributed by atoms with Crippen LogP contribution in [0.3, 0.4) is 0 Å². The first kappa shape index (κ1) is 12.7. The maximum atomic E-state index is 10.7. The van der Waals surface area contributed by atoms with E-state index in [9.17, 15) is 4.79 Å². The third-order valence-corrected chi connectivity index (χ3v) is 2.42. The van der Waals surface area contributed by atoms with Gasteiger partial charge in [0.25, 0.3) is 0 Å². The maximum Gasteiger partial charge on any atom is 0.302 e. The average Bonchev–Trinajstić information content (AvgIpc) is 2.30. The van der Waals surface area contributed by atoms with Crippen LogP contribution >= 0.6 is 0 Å². The van der Waals surface area contributed by atoms with Crippen LogP contribution in [0, 0.1) is 0 Å². The van der Waals surface area contributed by atoms with Crippen molar-refractivity contribution >= 4 is 5.97 Å². The molecule has 1 aromatic carbocycles. The monoisotopic (exact) mass is 221 g/mol. The normalized spacial score (nSPS) is 12.1. The van der Waals surface area contributed by atoms with Crippen LogP contribution in [0.2, 0.25) is 0 Å². The summed E-state index contributed by atoms with van der Waals surface area (Å²) >= 11 is 0. The number of esters is 1. The number of carbonyl (C=O) groups excluding carboxylic acids is 1. The fourth-order valence-electron chi connectivity index (χ4n) is 1.40. The Morgan fingerprint density at radius 3 is 2.62 bits per heavy atom. The Balaban J connectivity index is 2.31. The van der Waals surface area contributed by atoms with Crippen LogP contribution in [0.1, 0.15) is 25.8 Å². The Labute approximate surface area is 96.8 Å². The molecule has 0 aliphatic heterocycles. The molecule has 1 N–H and O–H groups in total. The minimum atomic E-state index is -0.222. The molecule has 3 heteroatoms. The first-order valence-electron chi connectivity index (χ1n) is 5.63. The van der Waals surface area contributed by atoms with Gasteiger partial charge < -0.3 is 10.1 Å². The van der Waals surface area contributed by atoms with Gasteiger partial charge in [-0.05, 0) is 12.0 Å². The Morgan fingerprint density at radius 2 is 2.06 bits per heavy atom. The second kappa shape index (κ2) is 7.01. The molecule has 1 unspecified atom stereocenters. The Morgan fingerprint density at radius 1 is 1.38 bits per heavy atom. The van der Waals surface area contributed by atoms with Crippen molar-refractivity contribution in [1.29, 1.82) is 0 Å². The van der Waals surface area contributed by atoms with Crippen molar-refractivity contribution in [3.8, 4) is 0 Å². The van der Waals surface area contributed by atoms with Crippen LogP contribution in [-0.4, -0.2) is 18.6 Å². The van der Waals surface area contributed by atoms with Gasteiger partial charge in [0, 0.05) is 19.5 Å². The van der Waals surface area contributed by atoms with Crippen LogP contribution in [0.4, 0.5) is 0 Å². The Hall–Kier alpha value is -1.35. The van der Waals surface area contributed by atoms with Gasteiger partial charge in [0.15, 0.2) is 0 Å². The molecule has 0 aliphatic rings. The van der Waals surface area contributed by atoms with E-state index in [-0.39, 0.29) is 12.0 Å². The van der Waals surface area contributed by atoms with Gasteiger partial charge in [0.1, 0.15) is 6.61 Å². The average molecular weight is 221 g/mol. The lowest BCUT2D eigenvalue weighted by molar-refractivity contribution is -0.141. The standard InChI is InChI=1S/C13H19NO2/c1-3-13(10-16-11(2)15)14-9-12-7-5-4-6-8-12/h4-8,13-14H,3,9-10H2,1-2H3. The van der Waals surface area contributed by atoms with Crippen molar-refractivity contribution in [3.05, 3.63) is 35.9 Å². The largest absolute Gasteiger partial charge is 0.464 e. The first-order valence-corrected chi connectivity index (χ1v) is 5.63. The summed E-state index contributed by atoms with van der Waals surface area (Å²) in [5.41, 5.74) is 1.24. The van der Waals surface area contributed by atoms with E-state index in [1.165, 1.54) is 12.5 Å². The first-order chi connectivity index (χ1) is 7.72. The molecule has 16 heavy (non-hydrogen) atoms. The molecule has 0 bridgehead atoms. The predicted octanol–water partition coefficient (Wildman–Crippen LogP) is 2.12. The fraction of sp³-hybridized carbons (Fsp3) is 0.462. The molecule has 0 spiro atoms. The molecule has 0 saturated heterocycles. The van der Waals surface area contributed by atoms with Gasteiger partial charge >= 0.3 is 5.97 Å². The lowest BCUT2D eigenvalue weighted by atomic mass is 10.2. The summed E-state index contributed by atoms with van der Waals surface area (Å²) in [5.74, 6) is -0.222. The Kier molecular flexibility index (Phi) is 5.57. The van der Waals surface area contributed by atoms with E-state index < -0.39 is 0 Å². The highest BCUT2D eigenvalue weighted by Crippen LogP contribution is 2.00. The molecular formula is C13H19NO2. The minimum Gasteiger partial charge on any atom is -0.464 e. The molecule has 3 nitrogen and oxygen atoms in total. The van der Waals surface area contributed by atoms with Crippen molar-refractivity contribution in [1.82, 2.24) is 5.32 Å². The van der Waals surface area contributed by atoms with E-state index in [1.54, 1.807) is 0 Å². The third kappa shape index (κ3) is 4.94. The van der Waals surface area contributed by atoms with E-state index in [1.807, 2.05) is 18.2 Å². The van der Waals surface area contributed by atoms with Gasteiger partial charge in [-0.2, -0.15) is 0 Å². The smallest absolute Gasteiger partial charge is 0.302 e. The second-order valence-corrected chi connectivity index (χ2v) is 3.77. The summed E-state index contributed by atoms with van der Waals surface area (Å²) in [6.45, 7) is 4.76. The van der Waals surface area contributed by atoms with Crippen molar-refractivity contribution < 1.29 is 9.53 Å². The molecular weight excluding hydrogens is 202 g/mol. The number of rotatable bonds is 6. The SMILES string of the molecule is CCC(COC(C)=O)NCc1ccccc1. The van der Waals surface area contributed by atoms with Gasteiger partial charge in [0.2, 0.25) is 0 Å². The molecule has 0 fully saturated rings. The molecule has 0 heterocycles. The molecule has 1 rings (SSSR count). The quantitative estimate of drug-likeness (QED) is 0.748. The molecule has 0 radical (unpaired) electrons. The van der Waals surface area contributed by atoms with Gasteiger partial charge in [-0.15, -0.1) is 0 Å². The van der Waals surface area contributed by atoms with Gasteiger partial charge in [0.05, 0.1) is 0 Å². The van der Waals surface area contributed by atoms with Crippen LogP contribution in [0.25, 0.3) is 0 Å². The van der Waals surface area contributed by atoms with Crippen LogP contribution in [0.15, 0.2) is 30.3 Å². The Bertz CT molecular complexity index is 311. The summed E-state index contributed by atoms with van der Waals surface area (Å²) in [4.78, 5) is 10.7. The molecule has 0 amide bonds. The summed E-state index contributed by atoms with van der Waals surface area (Å²) in [6.07, 6.45) is 0.945. The van der Waals surface area contributed by atoms with Crippen molar-refractivity contribution in [2.45, 2.75) is 32.9 Å². The molecule has 88 valence electrons. The van der Waals surface area contributed by atoms with Crippen molar-refractivity contribution in [3.63, 3.8) is 0 Å². The van der Waals surface area contributed by atoms with Gasteiger partial charge in [-0.3, -0.25) is 4.79 Å². The van der Waals surface area contributed by atoms with E-state index in [0.717, 1.165) is 13.0 Å². The number of nitrogens with one attached hydrogen (secondary N) is 1. The summed E-state index contributed by atoms with van der Waals surface area (Å²) < 4.78 is 4.98. The summed E-state index contributed by atoms with van der Waals surface area (Å²) in [7, 11) is 0. The summed E-state index contributed by atoms with van der Waals surface area (Å²) in [5, 5.41) is 3.36. The third-order valence-electron chi connectivity index (χ3n) is 2.42. The number of benzene rings is 1. The zero-order chi connectivity index (χ0) is 11.8. The van der Waals surface area contributed by atoms with E-state index >= 15 is 0 Å². The van der Waals surface area contributed by atoms with Crippen LogP contribution in [0.5, 0.6) is 0 Å². The number of carbonyl (C=O) groups is 1. The maximum absolute atomic E-state index is 10.7. The van der Waals surface area contributed by atoms with Gasteiger partial charge in [-0.25, -0.2) is 0 Å². The summed E-state index contributed by atoms with van der Waals surface area (Å²) in [6, 6.07) is 10.4. The highest BCUT2D eigenvalue weighted by atomic mass is 16.5.